The minimum absolute atomic E-state index is 0.797. The van der Waals surface area contributed by atoms with Crippen molar-refractivity contribution in [3.8, 4) is 0 Å². The van der Waals surface area contributed by atoms with E-state index in [0.29, 0.717) is 0 Å². The van der Waals surface area contributed by atoms with Crippen molar-refractivity contribution in [1.29, 1.82) is 0 Å². The molecule has 0 bridgehead atoms. The van der Waals surface area contributed by atoms with Crippen molar-refractivity contribution in [2.75, 3.05) is 5.73 Å². The number of aryl methyl sites for hydroxylation is 1. The molecule has 0 unspecified atom stereocenters. The largest absolute Gasteiger partial charge is 0.398 e. The molecule has 0 saturated carbocycles. The summed E-state index contributed by atoms with van der Waals surface area (Å²) in [4.78, 5) is 5.33. The van der Waals surface area contributed by atoms with Crippen molar-refractivity contribution in [1.82, 2.24) is 4.98 Å². The highest BCUT2D eigenvalue weighted by Gasteiger charge is 2.01. The molecule has 15 heavy (non-hydrogen) atoms. The molecule has 0 aliphatic rings. The third kappa shape index (κ3) is 2.50. The molecule has 0 radical (unpaired) electrons. The second-order valence-corrected chi connectivity index (χ2v) is 4.37. The van der Waals surface area contributed by atoms with E-state index in [1.165, 1.54) is 5.56 Å². The van der Waals surface area contributed by atoms with E-state index in [9.17, 15) is 0 Å². The number of nitrogens with two attached hydrogens (primary N) is 1. The Kier molecular flexibility index (Phi) is 2.92. The lowest BCUT2D eigenvalue weighted by Gasteiger charge is -2.04. The number of para-hydroxylation sites is 1. The Morgan fingerprint density at radius 2 is 2.00 bits per heavy atom. The quantitative estimate of drug-likeness (QED) is 0.784. The highest BCUT2D eigenvalue weighted by Crippen LogP contribution is 2.30. The number of rotatable bonds is 2. The molecular weight excluding hydrogens is 204 g/mol. The Bertz CT molecular complexity index is 469. The Morgan fingerprint density at radius 1 is 1.20 bits per heavy atom. The molecule has 2 N–H and O–H groups in total. The van der Waals surface area contributed by atoms with Gasteiger partial charge in [-0.05, 0) is 36.8 Å². The van der Waals surface area contributed by atoms with E-state index >= 15 is 0 Å². The van der Waals surface area contributed by atoms with Crippen molar-refractivity contribution < 1.29 is 0 Å². The summed E-state index contributed by atoms with van der Waals surface area (Å²) in [6, 6.07) is 11.9. The highest BCUT2D eigenvalue weighted by atomic mass is 32.2. The van der Waals surface area contributed by atoms with Gasteiger partial charge in [0.25, 0.3) is 0 Å². The van der Waals surface area contributed by atoms with Gasteiger partial charge in [0.2, 0.25) is 0 Å². The van der Waals surface area contributed by atoms with Gasteiger partial charge in [0.15, 0.2) is 0 Å². The smallest absolute Gasteiger partial charge is 0.101 e. The van der Waals surface area contributed by atoms with E-state index in [1.807, 2.05) is 36.5 Å². The van der Waals surface area contributed by atoms with Crippen LogP contribution in [0.25, 0.3) is 0 Å². The Morgan fingerprint density at radius 3 is 2.73 bits per heavy atom. The average molecular weight is 216 g/mol. The summed E-state index contributed by atoms with van der Waals surface area (Å²) in [6.45, 7) is 2.06. The lowest BCUT2D eigenvalue weighted by Crippen LogP contribution is -1.88. The van der Waals surface area contributed by atoms with E-state index < -0.39 is 0 Å². The van der Waals surface area contributed by atoms with Crippen LogP contribution < -0.4 is 5.73 Å². The first-order valence-corrected chi connectivity index (χ1v) is 5.52. The molecule has 0 atom stereocenters. The zero-order valence-corrected chi connectivity index (χ0v) is 9.29. The lowest BCUT2D eigenvalue weighted by atomic mass is 10.3. The van der Waals surface area contributed by atoms with E-state index in [4.69, 9.17) is 5.73 Å². The van der Waals surface area contributed by atoms with Crippen LogP contribution in [-0.2, 0) is 0 Å². The molecule has 0 aliphatic heterocycles. The number of aromatic nitrogens is 1. The summed E-state index contributed by atoms with van der Waals surface area (Å²) < 4.78 is 0. The fraction of sp³-hybridized carbons (Fsp3) is 0.0833. The van der Waals surface area contributed by atoms with Crippen molar-refractivity contribution in [2.24, 2.45) is 0 Å². The van der Waals surface area contributed by atoms with Crippen LogP contribution in [0.4, 0.5) is 5.69 Å². The van der Waals surface area contributed by atoms with Gasteiger partial charge < -0.3 is 5.73 Å². The molecule has 1 aromatic heterocycles. The monoisotopic (exact) mass is 216 g/mol. The molecule has 1 aromatic carbocycles. The van der Waals surface area contributed by atoms with Gasteiger partial charge in [-0.15, -0.1) is 0 Å². The number of nitrogens with zero attached hydrogens (tertiary/aromatic N) is 1. The predicted molar refractivity (Wildman–Crippen MR) is 64.0 cm³/mol. The fourth-order valence-electron chi connectivity index (χ4n) is 1.25. The van der Waals surface area contributed by atoms with Crippen LogP contribution in [0.2, 0.25) is 0 Å². The maximum Gasteiger partial charge on any atom is 0.101 e. The topological polar surface area (TPSA) is 38.9 Å². The number of hydrogen-bond donors (Lipinski definition) is 1. The SMILES string of the molecule is Cc1ccnc(Sc2ccccc2N)c1. The Balaban J connectivity index is 2.26. The number of hydrogen-bond acceptors (Lipinski definition) is 3. The molecule has 0 aliphatic carbocycles. The van der Waals surface area contributed by atoms with Gasteiger partial charge in [-0.3, -0.25) is 0 Å². The summed E-state index contributed by atoms with van der Waals surface area (Å²) in [5.74, 6) is 0. The van der Waals surface area contributed by atoms with E-state index in [-0.39, 0.29) is 0 Å². The minimum Gasteiger partial charge on any atom is -0.398 e. The van der Waals surface area contributed by atoms with Crippen LogP contribution in [0.5, 0.6) is 0 Å². The van der Waals surface area contributed by atoms with E-state index in [1.54, 1.807) is 11.8 Å². The molecule has 3 heteroatoms. The van der Waals surface area contributed by atoms with Gasteiger partial charge in [-0.25, -0.2) is 4.98 Å². The van der Waals surface area contributed by atoms with Crippen LogP contribution in [0.3, 0.4) is 0 Å². The Labute approximate surface area is 93.5 Å². The first-order valence-electron chi connectivity index (χ1n) is 4.71. The lowest BCUT2D eigenvalue weighted by molar-refractivity contribution is 1.11. The fourth-order valence-corrected chi connectivity index (χ4v) is 2.17. The van der Waals surface area contributed by atoms with Gasteiger partial charge in [0.1, 0.15) is 5.03 Å². The maximum atomic E-state index is 5.86. The minimum atomic E-state index is 0.797. The van der Waals surface area contributed by atoms with E-state index in [2.05, 4.69) is 18.0 Å². The van der Waals surface area contributed by atoms with Crippen LogP contribution in [0.15, 0.2) is 52.5 Å². The zero-order chi connectivity index (χ0) is 10.7. The summed E-state index contributed by atoms with van der Waals surface area (Å²) in [5.41, 5.74) is 7.87. The molecule has 0 spiro atoms. The summed E-state index contributed by atoms with van der Waals surface area (Å²) >= 11 is 1.59. The second kappa shape index (κ2) is 4.36. The zero-order valence-electron chi connectivity index (χ0n) is 8.47. The molecule has 2 aromatic rings. The third-order valence-corrected chi connectivity index (χ3v) is 3.05. The average Bonchev–Trinajstić information content (AvgIpc) is 2.22. The molecule has 1 heterocycles. The summed E-state index contributed by atoms with van der Waals surface area (Å²) in [5, 5.41) is 0.980. The van der Waals surface area contributed by atoms with Gasteiger partial charge in [-0.2, -0.15) is 0 Å². The van der Waals surface area contributed by atoms with Gasteiger partial charge >= 0.3 is 0 Å². The summed E-state index contributed by atoms with van der Waals surface area (Å²) in [6.07, 6.45) is 1.82. The third-order valence-electron chi connectivity index (χ3n) is 2.02. The maximum absolute atomic E-state index is 5.86. The highest BCUT2D eigenvalue weighted by molar-refractivity contribution is 7.99. The first-order chi connectivity index (χ1) is 7.25. The van der Waals surface area contributed by atoms with Crippen LogP contribution in [0.1, 0.15) is 5.56 Å². The number of pyridine rings is 1. The molecule has 0 amide bonds. The molecule has 0 saturated heterocycles. The molecular formula is C12H12N2S. The normalized spacial score (nSPS) is 10.2. The molecule has 2 rings (SSSR count). The standard InChI is InChI=1S/C12H12N2S/c1-9-6-7-14-12(8-9)15-11-5-3-2-4-10(11)13/h2-8H,13H2,1H3. The van der Waals surface area contributed by atoms with Gasteiger partial charge in [0, 0.05) is 16.8 Å². The van der Waals surface area contributed by atoms with Crippen molar-refractivity contribution in [2.45, 2.75) is 16.8 Å². The molecule has 2 nitrogen and oxygen atoms in total. The number of anilines is 1. The first kappa shape index (κ1) is 10.1. The summed E-state index contributed by atoms with van der Waals surface area (Å²) in [7, 11) is 0. The van der Waals surface area contributed by atoms with Crippen LogP contribution in [0, 0.1) is 6.92 Å². The number of nitrogen functional groups attached to an aromatic ring is 1. The van der Waals surface area contributed by atoms with E-state index in [0.717, 1.165) is 15.6 Å². The van der Waals surface area contributed by atoms with Crippen molar-refractivity contribution >= 4 is 17.4 Å². The van der Waals surface area contributed by atoms with Crippen molar-refractivity contribution in [3.05, 3.63) is 48.2 Å². The van der Waals surface area contributed by atoms with Crippen LogP contribution >= 0.6 is 11.8 Å². The van der Waals surface area contributed by atoms with Gasteiger partial charge in [0.05, 0.1) is 0 Å². The molecule has 0 fully saturated rings. The number of benzene rings is 1. The van der Waals surface area contributed by atoms with Crippen molar-refractivity contribution in [3.63, 3.8) is 0 Å². The predicted octanol–water partition coefficient (Wildman–Crippen LogP) is 3.12. The molecule has 76 valence electrons. The second-order valence-electron chi connectivity index (χ2n) is 3.31. The van der Waals surface area contributed by atoms with Gasteiger partial charge in [-0.1, -0.05) is 23.9 Å². The Hall–Kier alpha value is -1.48. The van der Waals surface area contributed by atoms with Crippen LogP contribution in [-0.4, -0.2) is 4.98 Å².